The molecule has 341 valence electrons. The summed E-state index contributed by atoms with van der Waals surface area (Å²) in [6.07, 6.45) is 0. The summed E-state index contributed by atoms with van der Waals surface area (Å²) in [7, 11) is 0. The number of hydrogen-bond donors (Lipinski definition) is 1. The molecule has 8 heteroatoms. The second kappa shape index (κ2) is 29.9. The van der Waals surface area contributed by atoms with Gasteiger partial charge in [0.05, 0.1) is 5.75 Å². The predicted molar refractivity (Wildman–Crippen MR) is 266 cm³/mol. The number of carbonyl (C=O) groups is 1. The molecule has 0 fully saturated rings. The van der Waals surface area contributed by atoms with E-state index in [1.54, 1.807) is 0 Å². The smallest absolute Gasteiger partial charge is 0 e. The third kappa shape index (κ3) is 12.9. The molecule has 0 aromatic heterocycles. The van der Waals surface area contributed by atoms with Gasteiger partial charge in [0.1, 0.15) is 0 Å². The molecule has 1 radical (unpaired) electrons. The molecular formula is C62H41O6Ru2. The van der Waals surface area contributed by atoms with Crippen molar-refractivity contribution < 1.29 is 67.5 Å². The van der Waals surface area contributed by atoms with Gasteiger partial charge in [0.2, 0.25) is 0 Å². The molecular weight excluding hydrogens is 1040 g/mol. The fourth-order valence-electron chi connectivity index (χ4n) is 8.32. The van der Waals surface area contributed by atoms with E-state index >= 15 is 0 Å². The predicted octanol–water partition coefficient (Wildman–Crippen LogP) is 14.4. The maximum atomic E-state index is 14.0. The third-order valence-electron chi connectivity index (χ3n) is 10.9. The van der Waals surface area contributed by atoms with E-state index in [2.05, 4.69) is 99.4 Å². The summed E-state index contributed by atoms with van der Waals surface area (Å²) in [4.78, 5) is 14.0. The number of allylic oxidation sites excluding steroid dienone is 4. The maximum absolute atomic E-state index is 14.0. The van der Waals surface area contributed by atoms with Crippen LogP contribution in [0.2, 0.25) is 0 Å². The Labute approximate surface area is 434 Å². The Morgan fingerprint density at radius 3 is 0.843 bits per heavy atom. The van der Waals surface area contributed by atoms with E-state index < -0.39 is 0 Å². The van der Waals surface area contributed by atoms with Gasteiger partial charge in [-0.15, -0.1) is 12.1 Å². The average molecular weight is 1080 g/mol. The minimum atomic E-state index is 0. The number of ketones is 1. The van der Waals surface area contributed by atoms with Crippen molar-refractivity contribution in [2.24, 2.45) is 0 Å². The summed E-state index contributed by atoms with van der Waals surface area (Å²) < 4.78 is 30.0. The van der Waals surface area contributed by atoms with E-state index in [0.29, 0.717) is 5.75 Å². The van der Waals surface area contributed by atoms with Crippen LogP contribution in [0.15, 0.2) is 243 Å². The fourth-order valence-corrected chi connectivity index (χ4v) is 8.32. The molecule has 0 saturated heterocycles. The SMILES string of the molecule is O=C1C(c2ccccc2)=C(c2ccccc2)C(c2ccccc2)=C1c1ccccc1.Oc1c(-c2ccccc2)c(-c2ccccc2)c(-c2ccccc2)[c-]1-c1ccccc1.[C-]#[O+].[C-]#[O+].[C-]#[O+].[C-]#[O+].[Ru+].[Ru]. The first kappa shape index (κ1) is 56.6. The molecule has 0 aliphatic heterocycles. The van der Waals surface area contributed by atoms with Gasteiger partial charge in [0.15, 0.2) is 5.78 Å². The van der Waals surface area contributed by atoms with Crippen molar-refractivity contribution in [3.05, 3.63) is 292 Å². The second-order valence-corrected chi connectivity index (χ2v) is 14.6. The summed E-state index contributed by atoms with van der Waals surface area (Å²) in [5.74, 6) is 0.398. The number of Topliss-reactive ketones (excluding diaryl/α,β-unsaturated/α-hetero) is 1. The van der Waals surface area contributed by atoms with Crippen LogP contribution in [-0.2, 0) is 62.4 Å². The quantitative estimate of drug-likeness (QED) is 0.0927. The molecule has 1 aliphatic rings. The van der Waals surface area contributed by atoms with Crippen molar-refractivity contribution in [1.29, 1.82) is 0 Å². The van der Waals surface area contributed by atoms with E-state index in [0.717, 1.165) is 89.1 Å². The Hall–Kier alpha value is -7.73. The Balaban J connectivity index is 0.000000317. The monoisotopic (exact) mass is 1090 g/mol. The number of aromatic hydroxyl groups is 1. The zero-order valence-corrected chi connectivity index (χ0v) is 40.8. The summed E-state index contributed by atoms with van der Waals surface area (Å²) in [5.41, 5.74) is 15.6. The summed E-state index contributed by atoms with van der Waals surface area (Å²) in [5, 5.41) is 11.6. The van der Waals surface area contributed by atoms with Gasteiger partial charge in [-0.1, -0.05) is 258 Å². The zero-order valence-electron chi connectivity index (χ0n) is 37.3. The first-order valence-electron chi connectivity index (χ1n) is 21.0. The van der Waals surface area contributed by atoms with E-state index in [-0.39, 0.29) is 44.7 Å². The van der Waals surface area contributed by atoms with Gasteiger partial charge in [-0.3, -0.25) is 4.79 Å². The minimum absolute atomic E-state index is 0. The van der Waals surface area contributed by atoms with Crippen LogP contribution in [-0.4, -0.2) is 10.9 Å². The molecule has 0 heterocycles. The van der Waals surface area contributed by atoms with Crippen molar-refractivity contribution in [2.75, 3.05) is 0 Å². The molecule has 9 aromatic rings. The average Bonchev–Trinajstić information content (AvgIpc) is 3.93. The molecule has 1 N–H and O–H groups in total. The third-order valence-corrected chi connectivity index (χ3v) is 10.9. The standard InChI is InChI=1S/C29H21O.C29H20O.4CO.2Ru/c2*30-29-27(23-17-9-3-10-18-23)25(21-13-5-1-6-14-21)26(22-15-7-2-8-16-22)28(29)24-19-11-4-12-20-24;4*1-2;;/h1-20,30H;1-20H;;;;;;/q-1;;;;;;;+1. The number of rotatable bonds is 8. The van der Waals surface area contributed by atoms with Gasteiger partial charge in [-0.25, -0.2) is 0 Å². The van der Waals surface area contributed by atoms with Crippen LogP contribution in [0.25, 0.3) is 66.8 Å². The molecule has 0 unspecified atom stereocenters. The minimum Gasteiger partial charge on any atom is 0 e. The van der Waals surface area contributed by atoms with Crippen LogP contribution in [0.1, 0.15) is 22.3 Å². The van der Waals surface area contributed by atoms with Gasteiger partial charge < -0.3 is 5.11 Å². The van der Waals surface area contributed by atoms with Gasteiger partial charge in [0, 0.05) is 41.8 Å². The molecule has 1 aliphatic carbocycles. The van der Waals surface area contributed by atoms with Gasteiger partial charge >= 0.3 is 64.7 Å². The van der Waals surface area contributed by atoms with Gasteiger partial charge in [-0.05, 0) is 38.9 Å². The number of hydrogen-bond acceptors (Lipinski definition) is 2. The second-order valence-electron chi connectivity index (χ2n) is 14.6. The normalized spacial score (nSPS) is 10.7. The first-order chi connectivity index (χ1) is 33.7. The number of benzene rings is 8. The van der Waals surface area contributed by atoms with Crippen LogP contribution >= 0.6 is 0 Å². The van der Waals surface area contributed by atoms with Crippen LogP contribution in [0.3, 0.4) is 0 Å². The van der Waals surface area contributed by atoms with Crippen molar-refractivity contribution in [1.82, 2.24) is 0 Å². The molecule has 9 aromatic carbocycles. The Kier molecular flexibility index (Phi) is 24.2. The molecule has 70 heavy (non-hydrogen) atoms. The van der Waals surface area contributed by atoms with Gasteiger partial charge in [0.25, 0.3) is 0 Å². The first-order valence-corrected chi connectivity index (χ1v) is 21.0. The molecule has 0 bridgehead atoms. The van der Waals surface area contributed by atoms with E-state index in [1.807, 2.05) is 170 Å². The molecule has 0 amide bonds. The molecule has 10 rings (SSSR count). The summed E-state index contributed by atoms with van der Waals surface area (Å²) >= 11 is 0. The zero-order chi connectivity index (χ0) is 48.7. The molecule has 0 atom stereocenters. The fraction of sp³-hybridized carbons (Fsp3) is 0. The van der Waals surface area contributed by atoms with Crippen LogP contribution in [0.4, 0.5) is 0 Å². The summed E-state index contributed by atoms with van der Waals surface area (Å²) in [6, 6.07) is 81.4. The molecule has 6 nitrogen and oxygen atoms in total. The molecule has 0 spiro atoms. The van der Waals surface area contributed by atoms with Crippen LogP contribution in [0, 0.1) is 26.6 Å². The van der Waals surface area contributed by atoms with E-state index in [1.165, 1.54) is 0 Å². The van der Waals surface area contributed by atoms with E-state index in [4.69, 9.17) is 18.6 Å². The van der Waals surface area contributed by atoms with Crippen molar-refractivity contribution in [2.45, 2.75) is 0 Å². The Bertz CT molecular complexity index is 2920. The molecule has 0 saturated carbocycles. The topological polar surface area (TPSA) is 117 Å². The largest absolute Gasteiger partial charge is 1.00 e. The Morgan fingerprint density at radius 1 is 0.314 bits per heavy atom. The van der Waals surface area contributed by atoms with Crippen molar-refractivity contribution in [3.63, 3.8) is 0 Å². The van der Waals surface area contributed by atoms with Crippen molar-refractivity contribution in [3.8, 4) is 50.3 Å². The van der Waals surface area contributed by atoms with Gasteiger partial charge in [-0.2, -0.15) is 0 Å². The van der Waals surface area contributed by atoms with Crippen molar-refractivity contribution >= 4 is 28.1 Å². The Morgan fingerprint density at radius 2 is 0.543 bits per heavy atom. The van der Waals surface area contributed by atoms with Crippen LogP contribution in [0.5, 0.6) is 5.75 Å². The number of carbonyl (C=O) groups excluding carboxylic acids is 1. The van der Waals surface area contributed by atoms with E-state index in [9.17, 15) is 9.90 Å². The maximum Gasteiger partial charge on any atom is 1.00 e. The van der Waals surface area contributed by atoms with Crippen LogP contribution < -0.4 is 0 Å². The summed E-state index contributed by atoms with van der Waals surface area (Å²) in [6.45, 7) is 18.0.